The van der Waals surface area contributed by atoms with Crippen molar-refractivity contribution in [3.63, 3.8) is 0 Å². The number of ether oxygens (including phenoxy) is 1. The van der Waals surface area contributed by atoms with Gasteiger partial charge in [0.2, 0.25) is 5.91 Å². The monoisotopic (exact) mass is 434 g/mol. The number of hydrogen-bond acceptors (Lipinski definition) is 6. The summed E-state index contributed by atoms with van der Waals surface area (Å²) in [5.41, 5.74) is 5.08. The molecule has 1 aliphatic rings. The maximum absolute atomic E-state index is 12.6. The number of aromatic nitrogens is 1. The topological polar surface area (TPSA) is 113 Å². The Bertz CT molecular complexity index is 1120. The number of rotatable bonds is 7. The number of carbonyl (C=O) groups is 2. The van der Waals surface area contributed by atoms with Gasteiger partial charge in [-0.2, -0.15) is 0 Å². The van der Waals surface area contributed by atoms with Gasteiger partial charge in [-0.25, -0.2) is 5.48 Å². The molecule has 0 bridgehead atoms. The predicted molar refractivity (Wildman–Crippen MR) is 119 cm³/mol. The maximum atomic E-state index is 12.6. The lowest BCUT2D eigenvalue weighted by molar-refractivity contribution is -0.129. The minimum atomic E-state index is -0.484. The van der Waals surface area contributed by atoms with Crippen molar-refractivity contribution in [1.29, 1.82) is 0 Å². The molecular weight excluding hydrogens is 408 g/mol. The molecule has 8 heteroatoms. The Morgan fingerprint density at radius 2 is 1.97 bits per heavy atom. The van der Waals surface area contributed by atoms with E-state index in [2.05, 4.69) is 15.6 Å². The molecule has 1 aliphatic heterocycles. The van der Waals surface area contributed by atoms with Crippen molar-refractivity contribution < 1.29 is 19.5 Å². The Labute approximate surface area is 186 Å². The Kier molecular flexibility index (Phi) is 6.63. The second-order valence-electron chi connectivity index (χ2n) is 7.92. The highest BCUT2D eigenvalue weighted by Gasteiger charge is 2.30. The average molecular weight is 434 g/mol. The first kappa shape index (κ1) is 21.7. The van der Waals surface area contributed by atoms with Gasteiger partial charge in [0.1, 0.15) is 12.4 Å². The van der Waals surface area contributed by atoms with Crippen LogP contribution in [0.4, 0.5) is 0 Å². The Hall–Kier alpha value is -3.49. The van der Waals surface area contributed by atoms with E-state index in [9.17, 15) is 9.59 Å². The van der Waals surface area contributed by atoms with Gasteiger partial charge in [-0.1, -0.05) is 18.2 Å². The number of nitrogens with zero attached hydrogens (tertiary/aromatic N) is 1. The van der Waals surface area contributed by atoms with Crippen molar-refractivity contribution in [2.24, 2.45) is 0 Å². The molecule has 0 spiro atoms. The molecule has 4 rings (SSSR count). The third kappa shape index (κ3) is 5.04. The zero-order valence-electron chi connectivity index (χ0n) is 17.8. The van der Waals surface area contributed by atoms with Crippen molar-refractivity contribution in [2.45, 2.75) is 38.5 Å². The van der Waals surface area contributed by atoms with E-state index in [1.165, 1.54) is 0 Å². The van der Waals surface area contributed by atoms with Crippen LogP contribution in [0.3, 0.4) is 0 Å². The highest BCUT2D eigenvalue weighted by molar-refractivity contribution is 5.94. The first-order chi connectivity index (χ1) is 15.5. The Morgan fingerprint density at radius 3 is 2.75 bits per heavy atom. The minimum absolute atomic E-state index is 0.0946. The van der Waals surface area contributed by atoms with Gasteiger partial charge >= 0.3 is 0 Å². The van der Waals surface area contributed by atoms with Crippen molar-refractivity contribution in [3.05, 3.63) is 71.4 Å². The van der Waals surface area contributed by atoms with Crippen LogP contribution in [0.25, 0.3) is 10.9 Å². The lowest BCUT2D eigenvalue weighted by atomic mass is 10.1. The number of fused-ring (bicyclic) bond motifs is 1. The van der Waals surface area contributed by atoms with Crippen molar-refractivity contribution in [3.8, 4) is 5.75 Å². The Balaban J connectivity index is 1.37. The summed E-state index contributed by atoms with van der Waals surface area (Å²) in [5.74, 6) is -0.0298. The second-order valence-corrected chi connectivity index (χ2v) is 7.92. The van der Waals surface area contributed by atoms with Gasteiger partial charge in [0, 0.05) is 40.7 Å². The molecule has 0 unspecified atom stereocenters. The lowest BCUT2D eigenvalue weighted by Gasteiger charge is -2.20. The lowest BCUT2D eigenvalue weighted by Crippen LogP contribution is -2.45. The van der Waals surface area contributed by atoms with Gasteiger partial charge in [0.15, 0.2) is 0 Å². The van der Waals surface area contributed by atoms with E-state index in [1.54, 1.807) is 29.7 Å². The van der Waals surface area contributed by atoms with E-state index >= 15 is 0 Å². The van der Waals surface area contributed by atoms with Gasteiger partial charge in [-0.05, 0) is 56.3 Å². The molecule has 1 aromatic heterocycles. The normalized spacial score (nSPS) is 17.8. The molecule has 2 atom stereocenters. The summed E-state index contributed by atoms with van der Waals surface area (Å²) in [4.78, 5) is 28.6. The smallest absolute Gasteiger partial charge is 0.251 e. The van der Waals surface area contributed by atoms with Gasteiger partial charge < -0.3 is 15.4 Å². The molecule has 0 saturated carbocycles. The number of benzene rings is 2. The summed E-state index contributed by atoms with van der Waals surface area (Å²) >= 11 is 0. The molecule has 1 fully saturated rings. The molecule has 0 radical (unpaired) electrons. The van der Waals surface area contributed by atoms with Crippen LogP contribution >= 0.6 is 0 Å². The molecule has 2 aromatic carbocycles. The van der Waals surface area contributed by atoms with Crippen LogP contribution in [0, 0.1) is 6.92 Å². The predicted octanol–water partition coefficient (Wildman–Crippen LogP) is 2.48. The zero-order chi connectivity index (χ0) is 22.5. The second kappa shape index (κ2) is 9.76. The van der Waals surface area contributed by atoms with Crippen LogP contribution in [-0.4, -0.2) is 40.6 Å². The highest BCUT2D eigenvalue weighted by atomic mass is 16.5. The van der Waals surface area contributed by atoms with Crippen LogP contribution < -0.4 is 20.9 Å². The number of pyridine rings is 1. The maximum Gasteiger partial charge on any atom is 0.251 e. The van der Waals surface area contributed by atoms with Crippen LogP contribution in [-0.2, 0) is 11.4 Å². The van der Waals surface area contributed by atoms with E-state index in [-0.39, 0.29) is 24.4 Å². The molecule has 166 valence electrons. The number of hydroxylamine groups is 1. The average Bonchev–Trinajstić information content (AvgIpc) is 3.23. The van der Waals surface area contributed by atoms with E-state index in [0.717, 1.165) is 28.6 Å². The summed E-state index contributed by atoms with van der Waals surface area (Å²) in [6, 6.07) is 16.6. The third-order valence-electron chi connectivity index (χ3n) is 5.63. The first-order valence-electron chi connectivity index (χ1n) is 10.6. The number of amides is 2. The summed E-state index contributed by atoms with van der Waals surface area (Å²) in [6.45, 7) is 3.06. The third-order valence-corrected chi connectivity index (χ3v) is 5.63. The number of nitrogens with one attached hydrogen (secondary N) is 3. The van der Waals surface area contributed by atoms with Gasteiger partial charge in [0.05, 0.1) is 5.52 Å². The van der Waals surface area contributed by atoms with E-state index in [4.69, 9.17) is 9.94 Å². The summed E-state index contributed by atoms with van der Waals surface area (Å²) in [7, 11) is 0. The van der Waals surface area contributed by atoms with Gasteiger partial charge in [-0.3, -0.25) is 19.8 Å². The Morgan fingerprint density at radius 1 is 1.19 bits per heavy atom. The fourth-order valence-electron chi connectivity index (χ4n) is 4.03. The van der Waals surface area contributed by atoms with Crippen molar-refractivity contribution in [2.75, 3.05) is 6.54 Å². The quantitative estimate of drug-likeness (QED) is 0.336. The van der Waals surface area contributed by atoms with Crippen LogP contribution in [0.2, 0.25) is 0 Å². The van der Waals surface area contributed by atoms with Crippen LogP contribution in [0.1, 0.15) is 34.5 Å². The van der Waals surface area contributed by atoms with Crippen LogP contribution in [0.5, 0.6) is 5.75 Å². The van der Waals surface area contributed by atoms with E-state index in [0.29, 0.717) is 24.5 Å². The van der Waals surface area contributed by atoms with Gasteiger partial charge in [0.25, 0.3) is 5.91 Å². The zero-order valence-corrected chi connectivity index (χ0v) is 17.8. The molecule has 2 heterocycles. The van der Waals surface area contributed by atoms with E-state index in [1.807, 2.05) is 37.3 Å². The molecule has 3 aromatic rings. The van der Waals surface area contributed by atoms with Crippen LogP contribution in [0.15, 0.2) is 54.6 Å². The minimum Gasteiger partial charge on any atom is -0.489 e. The van der Waals surface area contributed by atoms with E-state index < -0.39 is 5.91 Å². The summed E-state index contributed by atoms with van der Waals surface area (Å²) < 4.78 is 5.96. The highest BCUT2D eigenvalue weighted by Crippen LogP contribution is 2.21. The van der Waals surface area contributed by atoms with Crippen molar-refractivity contribution >= 4 is 22.7 Å². The molecular formula is C24H26N4O4. The fraction of sp³-hybridized carbons (Fsp3) is 0.292. The fourth-order valence-corrected chi connectivity index (χ4v) is 4.03. The molecule has 8 nitrogen and oxygen atoms in total. The first-order valence-corrected chi connectivity index (χ1v) is 10.6. The number of hydrogen-bond donors (Lipinski definition) is 4. The van der Waals surface area contributed by atoms with Crippen molar-refractivity contribution in [1.82, 2.24) is 21.1 Å². The summed E-state index contributed by atoms with van der Waals surface area (Å²) in [6.07, 6.45) is 0.813. The van der Waals surface area contributed by atoms with Gasteiger partial charge in [-0.15, -0.1) is 0 Å². The molecule has 2 amide bonds. The summed E-state index contributed by atoms with van der Waals surface area (Å²) in [5, 5.41) is 15.9. The molecule has 0 aliphatic carbocycles. The largest absolute Gasteiger partial charge is 0.489 e. The molecule has 4 N–H and O–H groups in total. The SMILES string of the molecule is Cc1cc(COc2ccc(C(=O)N[C@@H]3CCN[C@H]3CC(=O)NO)cc2)c2ccccc2n1. The standard InChI is InChI=1S/C24H26N4O4/c1-15-12-17(19-4-2-3-5-20(19)26-15)14-32-18-8-6-16(7-9-18)24(30)27-21-10-11-25-22(21)13-23(29)28-31/h2-9,12,21-22,25,31H,10-11,13-14H2,1H3,(H,27,30)(H,28,29)/t21-,22+/m1/s1. The molecule has 1 saturated heterocycles. The molecule has 32 heavy (non-hydrogen) atoms. The number of para-hydroxylation sites is 1. The number of aryl methyl sites for hydroxylation is 1. The number of carbonyl (C=O) groups excluding carboxylic acids is 2.